The summed E-state index contributed by atoms with van der Waals surface area (Å²) in [6.07, 6.45) is 0.889. The Hall–Kier alpha value is -2.44. The molecular formula is C16H18N4O2. The van der Waals surface area contributed by atoms with Crippen LogP contribution in [0.15, 0.2) is 48.7 Å². The Morgan fingerprint density at radius 2 is 2.00 bits per heavy atom. The second-order valence-corrected chi connectivity index (χ2v) is 5.18. The van der Waals surface area contributed by atoms with E-state index in [1.54, 1.807) is 10.7 Å². The zero-order valence-corrected chi connectivity index (χ0v) is 12.3. The first-order chi connectivity index (χ1) is 10.7. The minimum Gasteiger partial charge on any atom is -0.394 e. The van der Waals surface area contributed by atoms with Gasteiger partial charge >= 0.3 is 0 Å². The first kappa shape index (κ1) is 14.5. The summed E-state index contributed by atoms with van der Waals surface area (Å²) in [5.41, 5.74) is 2.60. The van der Waals surface area contributed by atoms with Crippen molar-refractivity contribution in [1.29, 1.82) is 0 Å². The third-order valence-corrected chi connectivity index (χ3v) is 3.50. The Kier molecular flexibility index (Phi) is 4.04. The molecular weight excluding hydrogens is 280 g/mol. The summed E-state index contributed by atoms with van der Waals surface area (Å²) >= 11 is 0. The van der Waals surface area contributed by atoms with Gasteiger partial charge in [-0.25, -0.2) is 4.98 Å². The van der Waals surface area contributed by atoms with Crippen LogP contribution in [-0.4, -0.2) is 51.1 Å². The summed E-state index contributed by atoms with van der Waals surface area (Å²) in [6, 6.07) is 13.7. The van der Waals surface area contributed by atoms with Gasteiger partial charge in [0.2, 0.25) is 0 Å². The van der Waals surface area contributed by atoms with Gasteiger partial charge in [-0.3, -0.25) is 0 Å². The van der Waals surface area contributed by atoms with Crippen molar-refractivity contribution in [2.24, 2.45) is 0 Å². The van der Waals surface area contributed by atoms with Gasteiger partial charge in [-0.1, -0.05) is 30.3 Å². The number of aliphatic hydroxyl groups excluding tert-OH is 2. The molecule has 2 heterocycles. The molecule has 3 aromatic rings. The molecule has 0 amide bonds. The molecule has 22 heavy (non-hydrogen) atoms. The molecule has 0 saturated carbocycles. The molecule has 0 aliphatic carbocycles. The fraction of sp³-hybridized carbons (Fsp3) is 0.250. The predicted molar refractivity (Wildman–Crippen MR) is 84.8 cm³/mol. The van der Waals surface area contributed by atoms with Crippen molar-refractivity contribution >= 4 is 11.5 Å². The maximum Gasteiger partial charge on any atom is 0.157 e. The number of aromatic nitrogens is 3. The summed E-state index contributed by atoms with van der Waals surface area (Å²) in [4.78, 5) is 6.47. The van der Waals surface area contributed by atoms with Gasteiger partial charge in [-0.05, 0) is 0 Å². The lowest BCUT2D eigenvalue weighted by atomic mass is 10.1. The largest absolute Gasteiger partial charge is 0.394 e. The highest BCUT2D eigenvalue weighted by Crippen LogP contribution is 2.23. The Labute approximate surface area is 128 Å². The van der Waals surface area contributed by atoms with Crippen LogP contribution in [0, 0.1) is 0 Å². The fourth-order valence-electron chi connectivity index (χ4n) is 2.39. The number of aliphatic hydroxyl groups is 2. The van der Waals surface area contributed by atoms with E-state index in [0.29, 0.717) is 6.54 Å². The fourth-order valence-corrected chi connectivity index (χ4v) is 2.39. The van der Waals surface area contributed by atoms with E-state index in [2.05, 4.69) is 10.1 Å². The van der Waals surface area contributed by atoms with Crippen molar-refractivity contribution in [3.8, 4) is 11.3 Å². The molecule has 0 bridgehead atoms. The van der Waals surface area contributed by atoms with Crippen LogP contribution in [0.3, 0.4) is 0 Å². The Balaban J connectivity index is 2.06. The normalized spacial score (nSPS) is 12.5. The van der Waals surface area contributed by atoms with Gasteiger partial charge in [-0.15, -0.1) is 0 Å². The summed E-state index contributed by atoms with van der Waals surface area (Å²) < 4.78 is 1.72. The van der Waals surface area contributed by atoms with Crippen LogP contribution in [-0.2, 0) is 0 Å². The lowest BCUT2D eigenvalue weighted by molar-refractivity contribution is 0.101. The van der Waals surface area contributed by atoms with Gasteiger partial charge in [0, 0.05) is 31.3 Å². The van der Waals surface area contributed by atoms with Crippen LogP contribution < -0.4 is 4.90 Å². The second-order valence-electron chi connectivity index (χ2n) is 5.18. The molecule has 0 spiro atoms. The van der Waals surface area contributed by atoms with E-state index in [1.807, 2.05) is 54.4 Å². The van der Waals surface area contributed by atoms with Crippen molar-refractivity contribution in [2.45, 2.75) is 6.10 Å². The van der Waals surface area contributed by atoms with Gasteiger partial charge in [0.05, 0.1) is 24.6 Å². The number of fused-ring (bicyclic) bond motifs is 1. The monoisotopic (exact) mass is 298 g/mol. The minimum atomic E-state index is -0.802. The van der Waals surface area contributed by atoms with Crippen LogP contribution in [0.5, 0.6) is 0 Å². The molecule has 0 aliphatic heterocycles. The lowest BCUT2D eigenvalue weighted by Gasteiger charge is -2.22. The zero-order chi connectivity index (χ0) is 15.5. The van der Waals surface area contributed by atoms with Crippen LogP contribution in [0.2, 0.25) is 0 Å². The molecule has 0 radical (unpaired) electrons. The van der Waals surface area contributed by atoms with Crippen molar-refractivity contribution < 1.29 is 10.2 Å². The van der Waals surface area contributed by atoms with Crippen LogP contribution in [0.25, 0.3) is 16.9 Å². The molecule has 0 unspecified atom stereocenters. The summed E-state index contributed by atoms with van der Waals surface area (Å²) in [5, 5.41) is 23.0. The topological polar surface area (TPSA) is 73.9 Å². The van der Waals surface area contributed by atoms with E-state index in [9.17, 15) is 5.11 Å². The molecule has 1 aromatic carbocycles. The van der Waals surface area contributed by atoms with Gasteiger partial charge in [-0.2, -0.15) is 9.61 Å². The van der Waals surface area contributed by atoms with E-state index in [-0.39, 0.29) is 6.61 Å². The smallest absolute Gasteiger partial charge is 0.157 e. The standard InChI is InChI=1S/C16H18N4O2/c1-19(10-13(22)11-21)16-9-14(12-5-3-2-4-6-12)18-15-7-8-17-20(15)16/h2-9,13,21-22H,10-11H2,1H3/t13-/m1/s1. The highest BCUT2D eigenvalue weighted by atomic mass is 16.3. The average molecular weight is 298 g/mol. The Morgan fingerprint density at radius 3 is 2.73 bits per heavy atom. The number of likely N-dealkylation sites (N-methyl/N-ethyl adjacent to an activating group) is 1. The maximum atomic E-state index is 9.66. The molecule has 2 N–H and O–H groups in total. The first-order valence-corrected chi connectivity index (χ1v) is 7.09. The number of anilines is 1. The maximum absolute atomic E-state index is 9.66. The molecule has 2 aromatic heterocycles. The second kappa shape index (κ2) is 6.13. The highest BCUT2D eigenvalue weighted by molar-refractivity contribution is 5.66. The zero-order valence-electron chi connectivity index (χ0n) is 12.3. The number of rotatable bonds is 5. The van der Waals surface area contributed by atoms with Crippen molar-refractivity contribution in [1.82, 2.24) is 14.6 Å². The number of benzene rings is 1. The van der Waals surface area contributed by atoms with Crippen molar-refractivity contribution in [2.75, 3.05) is 25.1 Å². The average Bonchev–Trinajstić information content (AvgIpc) is 3.03. The SMILES string of the molecule is CN(C[C@@H](O)CO)c1cc(-c2ccccc2)nc2ccnn12. The third kappa shape index (κ3) is 2.79. The Morgan fingerprint density at radius 1 is 1.23 bits per heavy atom. The minimum absolute atomic E-state index is 0.275. The molecule has 3 rings (SSSR count). The molecule has 6 heteroatoms. The van der Waals surface area contributed by atoms with Gasteiger partial charge in [0.25, 0.3) is 0 Å². The van der Waals surface area contributed by atoms with Crippen LogP contribution in [0.4, 0.5) is 5.82 Å². The van der Waals surface area contributed by atoms with Crippen LogP contribution >= 0.6 is 0 Å². The van der Waals surface area contributed by atoms with Crippen molar-refractivity contribution in [3.63, 3.8) is 0 Å². The van der Waals surface area contributed by atoms with E-state index in [1.165, 1.54) is 0 Å². The molecule has 6 nitrogen and oxygen atoms in total. The molecule has 114 valence electrons. The Bertz CT molecular complexity index is 757. The summed E-state index contributed by atoms with van der Waals surface area (Å²) in [5.74, 6) is 0.807. The first-order valence-electron chi connectivity index (χ1n) is 7.09. The summed E-state index contributed by atoms with van der Waals surface area (Å²) in [6.45, 7) is 0.0346. The molecule has 0 aliphatic rings. The van der Waals surface area contributed by atoms with E-state index in [0.717, 1.165) is 22.7 Å². The van der Waals surface area contributed by atoms with E-state index >= 15 is 0 Å². The van der Waals surface area contributed by atoms with Gasteiger partial charge < -0.3 is 15.1 Å². The third-order valence-electron chi connectivity index (χ3n) is 3.50. The van der Waals surface area contributed by atoms with Gasteiger partial charge in [0.15, 0.2) is 5.65 Å². The number of hydrogen-bond acceptors (Lipinski definition) is 5. The number of hydrogen-bond donors (Lipinski definition) is 2. The molecule has 0 fully saturated rings. The van der Waals surface area contributed by atoms with Crippen molar-refractivity contribution in [3.05, 3.63) is 48.7 Å². The summed E-state index contributed by atoms with van der Waals surface area (Å²) in [7, 11) is 1.85. The van der Waals surface area contributed by atoms with E-state index in [4.69, 9.17) is 5.11 Å². The molecule has 0 saturated heterocycles. The quantitative estimate of drug-likeness (QED) is 0.740. The van der Waals surface area contributed by atoms with E-state index < -0.39 is 6.10 Å². The lowest BCUT2D eigenvalue weighted by Crippen LogP contribution is -2.32. The van der Waals surface area contributed by atoms with Crippen LogP contribution in [0.1, 0.15) is 0 Å². The molecule has 1 atom stereocenters. The highest BCUT2D eigenvalue weighted by Gasteiger charge is 2.14. The predicted octanol–water partition coefficient (Wildman–Crippen LogP) is 1.19. The number of nitrogens with zero attached hydrogens (tertiary/aromatic N) is 4. The van der Waals surface area contributed by atoms with Gasteiger partial charge in [0.1, 0.15) is 5.82 Å².